The van der Waals surface area contributed by atoms with Crippen LogP contribution in [0.3, 0.4) is 0 Å². The number of nitrogens with zero attached hydrogens (tertiary/aromatic N) is 2. The number of hydrogen-bond acceptors (Lipinski definition) is 5. The van der Waals surface area contributed by atoms with Gasteiger partial charge in [0.1, 0.15) is 0 Å². The first-order chi connectivity index (χ1) is 8.20. The Hall–Kier alpha value is -0.910. The molecule has 94 valence electrons. The molecule has 1 fully saturated rings. The second kappa shape index (κ2) is 5.62. The Morgan fingerprint density at radius 1 is 1.53 bits per heavy atom. The smallest absolute Gasteiger partial charge is 0.186 e. The average molecular weight is 254 g/mol. The largest absolute Gasteiger partial charge is 0.392 e. The minimum absolute atomic E-state index is 0.101. The van der Waals surface area contributed by atoms with Gasteiger partial charge in [-0.2, -0.15) is 0 Å². The second-order valence-corrected chi connectivity index (χ2v) is 5.20. The molecule has 0 aromatic carbocycles. The molecule has 1 aliphatic rings. The third-order valence-corrected chi connectivity index (χ3v) is 3.89. The lowest BCUT2D eigenvalue weighted by Crippen LogP contribution is -2.36. The number of thiazole rings is 1. The summed E-state index contributed by atoms with van der Waals surface area (Å²) in [4.78, 5) is 7.98. The Kier molecular flexibility index (Phi) is 4.15. The molecule has 17 heavy (non-hydrogen) atoms. The van der Waals surface area contributed by atoms with E-state index in [0.717, 1.165) is 47.6 Å². The van der Waals surface area contributed by atoms with Gasteiger partial charge in [-0.15, -0.1) is 0 Å². The number of morpholine rings is 1. The van der Waals surface area contributed by atoms with Crippen molar-refractivity contribution in [3.63, 3.8) is 0 Å². The summed E-state index contributed by atoms with van der Waals surface area (Å²) in [5, 5.41) is 10.1. The van der Waals surface area contributed by atoms with E-state index in [1.807, 2.05) is 19.9 Å². The third-order valence-electron chi connectivity index (χ3n) is 2.73. The summed E-state index contributed by atoms with van der Waals surface area (Å²) in [7, 11) is 0. The first-order valence-electron chi connectivity index (χ1n) is 5.79. The van der Waals surface area contributed by atoms with Crippen LogP contribution in [0.1, 0.15) is 17.5 Å². The monoisotopic (exact) mass is 254 g/mol. The van der Waals surface area contributed by atoms with Gasteiger partial charge in [-0.3, -0.25) is 0 Å². The number of aliphatic hydroxyl groups is 1. The van der Waals surface area contributed by atoms with E-state index in [9.17, 15) is 0 Å². The number of aryl methyl sites for hydroxylation is 1. The minimum Gasteiger partial charge on any atom is -0.392 e. The highest BCUT2D eigenvalue weighted by atomic mass is 32.1. The molecule has 0 spiro atoms. The summed E-state index contributed by atoms with van der Waals surface area (Å²) in [6.07, 6.45) is 2.01. The molecule has 1 aliphatic heterocycles. The van der Waals surface area contributed by atoms with E-state index in [-0.39, 0.29) is 6.61 Å². The van der Waals surface area contributed by atoms with Crippen molar-refractivity contribution in [3.05, 3.63) is 16.1 Å². The van der Waals surface area contributed by atoms with Gasteiger partial charge in [-0.1, -0.05) is 11.3 Å². The minimum atomic E-state index is 0.101. The summed E-state index contributed by atoms with van der Waals surface area (Å²) in [6, 6.07) is 0. The van der Waals surface area contributed by atoms with Crippen LogP contribution in [0.2, 0.25) is 0 Å². The Morgan fingerprint density at radius 2 is 2.24 bits per heavy atom. The Bertz CT molecular complexity index is 409. The van der Waals surface area contributed by atoms with Crippen molar-refractivity contribution in [3.8, 4) is 0 Å². The molecule has 0 unspecified atom stereocenters. The van der Waals surface area contributed by atoms with Crippen LogP contribution in [0.25, 0.3) is 6.08 Å². The highest BCUT2D eigenvalue weighted by molar-refractivity contribution is 7.16. The quantitative estimate of drug-likeness (QED) is 0.891. The van der Waals surface area contributed by atoms with Gasteiger partial charge in [0, 0.05) is 13.1 Å². The maximum absolute atomic E-state index is 9.03. The number of aromatic nitrogens is 1. The Morgan fingerprint density at radius 3 is 2.88 bits per heavy atom. The third kappa shape index (κ3) is 3.06. The summed E-state index contributed by atoms with van der Waals surface area (Å²) >= 11 is 1.68. The predicted molar refractivity (Wildman–Crippen MR) is 70.6 cm³/mol. The van der Waals surface area contributed by atoms with Gasteiger partial charge in [0.25, 0.3) is 0 Å². The van der Waals surface area contributed by atoms with E-state index in [0.29, 0.717) is 0 Å². The molecule has 0 atom stereocenters. The molecule has 0 amide bonds. The lowest BCUT2D eigenvalue weighted by atomic mass is 10.2. The maximum Gasteiger partial charge on any atom is 0.186 e. The van der Waals surface area contributed by atoms with Crippen LogP contribution in [-0.2, 0) is 4.74 Å². The first kappa shape index (κ1) is 12.5. The molecule has 1 aromatic rings. The molecule has 4 nitrogen and oxygen atoms in total. The Balaban J connectivity index is 2.17. The van der Waals surface area contributed by atoms with Crippen LogP contribution in [0.15, 0.2) is 5.57 Å². The number of rotatable bonds is 3. The maximum atomic E-state index is 9.03. The topological polar surface area (TPSA) is 45.6 Å². The predicted octanol–water partition coefficient (Wildman–Crippen LogP) is 1.68. The lowest BCUT2D eigenvalue weighted by molar-refractivity contribution is 0.122. The standard InChI is InChI=1S/C12H18N2O2S/c1-9(8-15)7-11-10(2)13-12(17-11)14-3-5-16-6-4-14/h7,15H,3-6,8H2,1-2H3. The van der Waals surface area contributed by atoms with E-state index < -0.39 is 0 Å². The zero-order valence-electron chi connectivity index (χ0n) is 10.3. The van der Waals surface area contributed by atoms with Crippen molar-refractivity contribution in [2.45, 2.75) is 13.8 Å². The fourth-order valence-corrected chi connectivity index (χ4v) is 2.83. The molecule has 2 rings (SSSR count). The van der Waals surface area contributed by atoms with Crippen LogP contribution < -0.4 is 4.90 Å². The summed E-state index contributed by atoms with van der Waals surface area (Å²) < 4.78 is 5.33. The van der Waals surface area contributed by atoms with E-state index in [2.05, 4.69) is 9.88 Å². The lowest BCUT2D eigenvalue weighted by Gasteiger charge is -2.25. The molecule has 2 heterocycles. The molecule has 5 heteroatoms. The zero-order valence-corrected chi connectivity index (χ0v) is 11.1. The molecule has 1 saturated heterocycles. The van der Waals surface area contributed by atoms with Gasteiger partial charge in [0.2, 0.25) is 0 Å². The van der Waals surface area contributed by atoms with Crippen LogP contribution in [0.4, 0.5) is 5.13 Å². The van der Waals surface area contributed by atoms with Gasteiger partial charge < -0.3 is 14.7 Å². The molecule has 0 bridgehead atoms. The van der Waals surface area contributed by atoms with Gasteiger partial charge in [-0.25, -0.2) is 4.98 Å². The molecule has 0 aliphatic carbocycles. The van der Waals surface area contributed by atoms with Gasteiger partial charge >= 0.3 is 0 Å². The van der Waals surface area contributed by atoms with Crippen molar-refractivity contribution in [1.29, 1.82) is 0 Å². The van der Waals surface area contributed by atoms with Crippen LogP contribution >= 0.6 is 11.3 Å². The molecular formula is C12H18N2O2S. The summed E-state index contributed by atoms with van der Waals surface area (Å²) in [5.41, 5.74) is 1.99. The fourth-order valence-electron chi connectivity index (χ4n) is 1.69. The van der Waals surface area contributed by atoms with E-state index in [1.54, 1.807) is 11.3 Å². The highest BCUT2D eigenvalue weighted by Crippen LogP contribution is 2.28. The van der Waals surface area contributed by atoms with Gasteiger partial charge in [-0.05, 0) is 25.5 Å². The van der Waals surface area contributed by atoms with E-state index in [1.165, 1.54) is 0 Å². The number of anilines is 1. The first-order valence-corrected chi connectivity index (χ1v) is 6.60. The van der Waals surface area contributed by atoms with E-state index >= 15 is 0 Å². The van der Waals surface area contributed by atoms with Gasteiger partial charge in [0.05, 0.1) is 30.4 Å². The fraction of sp³-hybridized carbons (Fsp3) is 0.583. The Labute approximate surface area is 106 Å². The van der Waals surface area contributed by atoms with Gasteiger partial charge in [0.15, 0.2) is 5.13 Å². The average Bonchev–Trinajstić information content (AvgIpc) is 2.72. The second-order valence-electron chi connectivity index (χ2n) is 4.19. The van der Waals surface area contributed by atoms with Crippen LogP contribution in [0.5, 0.6) is 0 Å². The summed E-state index contributed by atoms with van der Waals surface area (Å²) in [6.45, 7) is 7.41. The van der Waals surface area contributed by atoms with Crippen molar-refractivity contribution in [1.82, 2.24) is 4.98 Å². The van der Waals surface area contributed by atoms with Crippen molar-refractivity contribution < 1.29 is 9.84 Å². The number of ether oxygens (including phenoxy) is 1. The van der Waals surface area contributed by atoms with Crippen LogP contribution in [-0.4, -0.2) is 43.0 Å². The molecule has 0 saturated carbocycles. The molecule has 0 radical (unpaired) electrons. The van der Waals surface area contributed by atoms with Crippen LogP contribution in [0, 0.1) is 6.92 Å². The normalized spacial score (nSPS) is 17.6. The SMILES string of the molecule is CC(=Cc1sc(N2CCOCC2)nc1C)CO. The molecular weight excluding hydrogens is 236 g/mol. The van der Waals surface area contributed by atoms with Crippen molar-refractivity contribution in [2.75, 3.05) is 37.8 Å². The zero-order chi connectivity index (χ0) is 12.3. The van der Waals surface area contributed by atoms with Crippen molar-refractivity contribution in [2.24, 2.45) is 0 Å². The van der Waals surface area contributed by atoms with E-state index in [4.69, 9.17) is 9.84 Å². The molecule has 1 N–H and O–H groups in total. The molecule has 1 aromatic heterocycles. The highest BCUT2D eigenvalue weighted by Gasteiger charge is 2.16. The summed E-state index contributed by atoms with van der Waals surface area (Å²) in [5.74, 6) is 0. The number of aliphatic hydroxyl groups excluding tert-OH is 1. The number of hydrogen-bond donors (Lipinski definition) is 1. The van der Waals surface area contributed by atoms with Crippen molar-refractivity contribution >= 4 is 22.5 Å².